The van der Waals surface area contributed by atoms with Crippen LogP contribution >= 0.6 is 0 Å². The lowest BCUT2D eigenvalue weighted by atomic mass is 9.91. The van der Waals surface area contributed by atoms with E-state index >= 15 is 0 Å². The van der Waals surface area contributed by atoms with Crippen LogP contribution in [0.3, 0.4) is 0 Å². The van der Waals surface area contributed by atoms with E-state index in [4.69, 9.17) is 4.74 Å². The predicted octanol–water partition coefficient (Wildman–Crippen LogP) is 1.90. The van der Waals surface area contributed by atoms with Crippen LogP contribution in [0.15, 0.2) is 0 Å². The third-order valence-corrected chi connectivity index (χ3v) is 3.01. The molecule has 3 rings (SSSR count). The van der Waals surface area contributed by atoms with Crippen molar-refractivity contribution in [1.82, 2.24) is 4.90 Å². The number of hydrogen-bond donors (Lipinski definition) is 0. The Bertz CT molecular complexity index is 169. The SMILES string of the molecule is CC(C)(C)CCN1CC2CC(C1)O2. The molecule has 0 amide bonds. The van der Waals surface area contributed by atoms with E-state index in [1.165, 1.54) is 32.5 Å². The first-order valence-corrected chi connectivity index (χ1v) is 5.41. The second-order valence-corrected chi connectivity index (χ2v) is 5.69. The Morgan fingerprint density at radius 2 is 1.77 bits per heavy atom. The maximum atomic E-state index is 5.60. The zero-order chi connectivity index (χ0) is 9.47. The predicted molar refractivity (Wildman–Crippen MR) is 53.8 cm³/mol. The van der Waals surface area contributed by atoms with Gasteiger partial charge in [0.1, 0.15) is 0 Å². The molecule has 2 atom stereocenters. The van der Waals surface area contributed by atoms with E-state index in [-0.39, 0.29) is 0 Å². The quantitative estimate of drug-likeness (QED) is 0.648. The summed E-state index contributed by atoms with van der Waals surface area (Å²) in [5, 5.41) is 0. The molecular formula is C11H21NO. The van der Waals surface area contributed by atoms with Gasteiger partial charge in [0.05, 0.1) is 12.2 Å². The van der Waals surface area contributed by atoms with Gasteiger partial charge in [-0.2, -0.15) is 0 Å². The molecule has 3 aliphatic rings. The van der Waals surface area contributed by atoms with Crippen molar-refractivity contribution < 1.29 is 4.74 Å². The molecule has 0 radical (unpaired) electrons. The van der Waals surface area contributed by atoms with E-state index in [1.807, 2.05) is 0 Å². The van der Waals surface area contributed by atoms with Gasteiger partial charge in [0, 0.05) is 19.5 Å². The van der Waals surface area contributed by atoms with Gasteiger partial charge in [-0.05, 0) is 18.4 Å². The van der Waals surface area contributed by atoms with Gasteiger partial charge in [-0.25, -0.2) is 0 Å². The Balaban J connectivity index is 1.71. The van der Waals surface area contributed by atoms with Gasteiger partial charge in [-0.15, -0.1) is 0 Å². The number of rotatable bonds is 2. The molecule has 0 saturated carbocycles. The number of piperidine rings is 1. The molecule has 0 aromatic rings. The highest BCUT2D eigenvalue weighted by atomic mass is 16.5. The molecule has 0 N–H and O–H groups in total. The summed E-state index contributed by atoms with van der Waals surface area (Å²) in [6.45, 7) is 10.5. The van der Waals surface area contributed by atoms with E-state index in [0.29, 0.717) is 17.6 Å². The maximum absolute atomic E-state index is 5.60. The van der Waals surface area contributed by atoms with Crippen molar-refractivity contribution >= 4 is 0 Å². The highest BCUT2D eigenvalue weighted by Gasteiger charge is 2.38. The fourth-order valence-corrected chi connectivity index (χ4v) is 2.12. The Morgan fingerprint density at radius 3 is 2.23 bits per heavy atom. The minimum atomic E-state index is 0.475. The fraction of sp³-hybridized carbons (Fsp3) is 1.00. The normalized spacial score (nSPS) is 34.4. The highest BCUT2D eigenvalue weighted by Crippen LogP contribution is 2.29. The summed E-state index contributed by atoms with van der Waals surface area (Å²) in [4.78, 5) is 2.56. The van der Waals surface area contributed by atoms with Crippen molar-refractivity contribution in [2.24, 2.45) is 5.41 Å². The van der Waals surface area contributed by atoms with Gasteiger partial charge < -0.3 is 4.74 Å². The summed E-state index contributed by atoms with van der Waals surface area (Å²) in [6.07, 6.45) is 3.75. The summed E-state index contributed by atoms with van der Waals surface area (Å²) < 4.78 is 5.60. The van der Waals surface area contributed by atoms with Crippen molar-refractivity contribution in [3.05, 3.63) is 0 Å². The van der Waals surface area contributed by atoms with Gasteiger partial charge in [0.25, 0.3) is 0 Å². The average Bonchev–Trinajstić information content (AvgIpc) is 1.99. The molecule has 0 aromatic heterocycles. The average molecular weight is 183 g/mol. The molecule has 2 bridgehead atoms. The molecule has 3 heterocycles. The van der Waals surface area contributed by atoms with Crippen molar-refractivity contribution in [3.8, 4) is 0 Å². The third kappa shape index (κ3) is 2.44. The van der Waals surface area contributed by atoms with Crippen molar-refractivity contribution in [2.45, 2.75) is 45.8 Å². The van der Waals surface area contributed by atoms with Crippen LogP contribution in [0, 0.1) is 5.41 Å². The summed E-state index contributed by atoms with van der Waals surface area (Å²) in [5.74, 6) is 0. The minimum absolute atomic E-state index is 0.475. The lowest BCUT2D eigenvalue weighted by molar-refractivity contribution is -0.181. The van der Waals surface area contributed by atoms with Crippen LogP contribution in [-0.4, -0.2) is 36.7 Å². The molecule has 2 heteroatoms. The number of ether oxygens (including phenoxy) is 1. The zero-order valence-electron chi connectivity index (χ0n) is 9.05. The lowest BCUT2D eigenvalue weighted by Gasteiger charge is -2.47. The first kappa shape index (κ1) is 9.47. The molecule has 0 spiro atoms. The maximum Gasteiger partial charge on any atom is 0.0731 e. The number of fused-ring (bicyclic) bond motifs is 2. The number of nitrogens with zero attached hydrogens (tertiary/aromatic N) is 1. The smallest absolute Gasteiger partial charge is 0.0731 e. The highest BCUT2D eigenvalue weighted by molar-refractivity contribution is 4.89. The molecule has 3 saturated heterocycles. The Labute approximate surface area is 81.3 Å². The van der Waals surface area contributed by atoms with Gasteiger partial charge >= 0.3 is 0 Å². The molecule has 2 nitrogen and oxygen atoms in total. The Hall–Kier alpha value is -0.0800. The van der Waals surface area contributed by atoms with Crippen LogP contribution in [0.2, 0.25) is 0 Å². The standard InChI is InChI=1S/C11H21NO/c1-11(2,3)4-5-12-7-9-6-10(8-12)13-9/h9-10H,4-8H2,1-3H3. The van der Waals surface area contributed by atoms with Crippen molar-refractivity contribution in [3.63, 3.8) is 0 Å². The van der Waals surface area contributed by atoms with Crippen LogP contribution in [-0.2, 0) is 4.74 Å². The fourth-order valence-electron chi connectivity index (χ4n) is 2.12. The molecule has 0 aliphatic carbocycles. The molecule has 3 fully saturated rings. The second kappa shape index (κ2) is 3.25. The van der Waals surface area contributed by atoms with E-state index < -0.39 is 0 Å². The van der Waals surface area contributed by atoms with E-state index in [1.54, 1.807) is 0 Å². The third-order valence-electron chi connectivity index (χ3n) is 3.01. The topological polar surface area (TPSA) is 12.5 Å². The molecule has 2 unspecified atom stereocenters. The monoisotopic (exact) mass is 183 g/mol. The van der Waals surface area contributed by atoms with Crippen LogP contribution in [0.1, 0.15) is 33.6 Å². The van der Waals surface area contributed by atoms with Gasteiger partial charge in [0.2, 0.25) is 0 Å². The summed E-state index contributed by atoms with van der Waals surface area (Å²) in [5.41, 5.74) is 0.475. The van der Waals surface area contributed by atoms with Gasteiger partial charge in [-0.3, -0.25) is 4.90 Å². The van der Waals surface area contributed by atoms with Crippen LogP contribution in [0.5, 0.6) is 0 Å². The lowest BCUT2D eigenvalue weighted by Crippen LogP contribution is -2.57. The number of hydrogen-bond acceptors (Lipinski definition) is 2. The largest absolute Gasteiger partial charge is 0.372 e. The van der Waals surface area contributed by atoms with Crippen molar-refractivity contribution in [2.75, 3.05) is 19.6 Å². The van der Waals surface area contributed by atoms with E-state index in [0.717, 1.165) is 0 Å². The first-order chi connectivity index (χ1) is 6.03. The zero-order valence-corrected chi connectivity index (χ0v) is 9.05. The van der Waals surface area contributed by atoms with Crippen LogP contribution in [0.4, 0.5) is 0 Å². The van der Waals surface area contributed by atoms with Gasteiger partial charge in [-0.1, -0.05) is 20.8 Å². The number of morpholine rings is 1. The van der Waals surface area contributed by atoms with Crippen LogP contribution < -0.4 is 0 Å². The van der Waals surface area contributed by atoms with E-state index in [9.17, 15) is 0 Å². The second-order valence-electron chi connectivity index (χ2n) is 5.69. The van der Waals surface area contributed by atoms with E-state index in [2.05, 4.69) is 25.7 Å². The summed E-state index contributed by atoms with van der Waals surface area (Å²) in [7, 11) is 0. The minimum Gasteiger partial charge on any atom is -0.372 e. The Kier molecular flexibility index (Phi) is 2.37. The molecule has 0 aromatic carbocycles. The van der Waals surface area contributed by atoms with Gasteiger partial charge in [0.15, 0.2) is 0 Å². The first-order valence-electron chi connectivity index (χ1n) is 5.41. The molecular weight excluding hydrogens is 162 g/mol. The molecule has 13 heavy (non-hydrogen) atoms. The van der Waals surface area contributed by atoms with Crippen molar-refractivity contribution in [1.29, 1.82) is 0 Å². The molecule has 76 valence electrons. The van der Waals surface area contributed by atoms with Crippen LogP contribution in [0.25, 0.3) is 0 Å². The molecule has 3 aliphatic heterocycles. The Morgan fingerprint density at radius 1 is 1.23 bits per heavy atom. The summed E-state index contributed by atoms with van der Waals surface area (Å²) in [6, 6.07) is 0. The summed E-state index contributed by atoms with van der Waals surface area (Å²) >= 11 is 0.